The summed E-state index contributed by atoms with van der Waals surface area (Å²) in [4.78, 5) is 25.2. The number of nitrogens with one attached hydrogen (secondary N) is 2. The first-order chi connectivity index (χ1) is 18.5. The SMILES string of the molecule is COCCn1c(SCC(=O)Nc2ccc(C(=O)Nc3ccccc3OC)cc2)nnc1-c1ccc(Cl)cc1. The largest absolute Gasteiger partial charge is 0.495 e. The van der Waals surface area contributed by atoms with E-state index in [-0.39, 0.29) is 17.6 Å². The minimum absolute atomic E-state index is 0.127. The highest BCUT2D eigenvalue weighted by molar-refractivity contribution is 7.99. The number of carbonyl (C=O) groups is 2. The smallest absolute Gasteiger partial charge is 0.255 e. The number of nitrogens with zero attached hydrogens (tertiary/aromatic N) is 3. The molecule has 38 heavy (non-hydrogen) atoms. The number of aromatic nitrogens is 3. The molecule has 0 unspecified atom stereocenters. The number of hydrogen-bond donors (Lipinski definition) is 2. The summed E-state index contributed by atoms with van der Waals surface area (Å²) in [6.07, 6.45) is 0. The molecule has 11 heteroatoms. The first kappa shape index (κ1) is 27.2. The fourth-order valence-corrected chi connectivity index (χ4v) is 4.46. The standard InChI is InChI=1S/C27H26ClN5O4S/c1-36-16-15-33-25(18-7-11-20(28)12-8-18)31-32-27(33)38-17-24(34)29-21-13-9-19(10-14-21)26(35)30-22-5-3-4-6-23(22)37-2/h3-14H,15-17H2,1-2H3,(H,29,34)(H,30,35). The molecule has 9 nitrogen and oxygen atoms in total. The Balaban J connectivity index is 1.36. The Hall–Kier alpha value is -3.86. The molecular weight excluding hydrogens is 526 g/mol. The molecule has 0 atom stereocenters. The number of rotatable bonds is 11. The van der Waals surface area contributed by atoms with Gasteiger partial charge in [0.05, 0.1) is 31.7 Å². The average molecular weight is 552 g/mol. The van der Waals surface area contributed by atoms with E-state index in [0.717, 1.165) is 5.56 Å². The van der Waals surface area contributed by atoms with Gasteiger partial charge in [0.1, 0.15) is 5.75 Å². The van der Waals surface area contributed by atoms with E-state index in [9.17, 15) is 9.59 Å². The van der Waals surface area contributed by atoms with Crippen LogP contribution in [-0.4, -0.2) is 53.2 Å². The zero-order valence-corrected chi connectivity index (χ0v) is 22.4. The first-order valence-electron chi connectivity index (χ1n) is 11.6. The molecule has 2 amide bonds. The highest BCUT2D eigenvalue weighted by Gasteiger charge is 2.16. The molecule has 0 fully saturated rings. The van der Waals surface area contributed by atoms with Crippen molar-refractivity contribution in [2.24, 2.45) is 0 Å². The van der Waals surface area contributed by atoms with Crippen LogP contribution in [-0.2, 0) is 16.1 Å². The minimum Gasteiger partial charge on any atom is -0.495 e. The summed E-state index contributed by atoms with van der Waals surface area (Å²) in [5.41, 5.74) is 2.47. The fraction of sp³-hybridized carbons (Fsp3) is 0.185. The predicted molar refractivity (Wildman–Crippen MR) is 149 cm³/mol. The van der Waals surface area contributed by atoms with Gasteiger partial charge in [0.2, 0.25) is 5.91 Å². The van der Waals surface area contributed by atoms with Crippen molar-refractivity contribution in [2.75, 3.05) is 37.2 Å². The monoisotopic (exact) mass is 551 g/mol. The molecule has 0 bridgehead atoms. The van der Waals surface area contributed by atoms with Crippen LogP contribution < -0.4 is 15.4 Å². The van der Waals surface area contributed by atoms with Gasteiger partial charge in [-0.1, -0.05) is 35.5 Å². The van der Waals surface area contributed by atoms with E-state index in [1.165, 1.54) is 11.8 Å². The molecular formula is C27H26ClN5O4S. The molecule has 0 spiro atoms. The maximum absolute atomic E-state index is 12.6. The highest BCUT2D eigenvalue weighted by atomic mass is 35.5. The second-order valence-electron chi connectivity index (χ2n) is 8.03. The van der Waals surface area contributed by atoms with Crippen LogP contribution in [0.5, 0.6) is 5.75 Å². The minimum atomic E-state index is -0.283. The van der Waals surface area contributed by atoms with E-state index in [2.05, 4.69) is 20.8 Å². The zero-order chi connectivity index (χ0) is 26.9. The number of thioether (sulfide) groups is 1. The molecule has 0 saturated heterocycles. The molecule has 196 valence electrons. The van der Waals surface area contributed by atoms with Gasteiger partial charge in [0, 0.05) is 28.9 Å². The number of para-hydroxylation sites is 2. The molecule has 0 aliphatic heterocycles. The number of carbonyl (C=O) groups excluding carboxylic acids is 2. The number of hydrogen-bond acceptors (Lipinski definition) is 7. The summed E-state index contributed by atoms with van der Waals surface area (Å²) >= 11 is 7.29. The Morgan fingerprint density at radius 2 is 1.68 bits per heavy atom. The van der Waals surface area contributed by atoms with Crippen LogP contribution in [0.4, 0.5) is 11.4 Å². The molecule has 0 saturated carbocycles. The number of halogens is 1. The van der Waals surface area contributed by atoms with Gasteiger partial charge in [-0.2, -0.15) is 0 Å². The van der Waals surface area contributed by atoms with Crippen LogP contribution in [0, 0.1) is 0 Å². The Kier molecular flexibility index (Phi) is 9.36. The number of benzene rings is 3. The number of amides is 2. The quantitative estimate of drug-likeness (QED) is 0.246. The Labute approximate surface area is 229 Å². The third-order valence-corrected chi connectivity index (χ3v) is 6.68. The molecule has 4 rings (SSSR count). The normalized spacial score (nSPS) is 10.7. The molecule has 0 radical (unpaired) electrons. The van der Waals surface area contributed by atoms with E-state index in [0.29, 0.717) is 51.8 Å². The molecule has 2 N–H and O–H groups in total. The van der Waals surface area contributed by atoms with Gasteiger partial charge in [0.15, 0.2) is 11.0 Å². The second-order valence-corrected chi connectivity index (χ2v) is 9.41. The Morgan fingerprint density at radius 1 is 0.947 bits per heavy atom. The van der Waals surface area contributed by atoms with E-state index in [1.807, 2.05) is 28.8 Å². The van der Waals surface area contributed by atoms with Crippen LogP contribution >= 0.6 is 23.4 Å². The Bertz CT molecular complexity index is 1390. The van der Waals surface area contributed by atoms with Crippen molar-refractivity contribution in [1.29, 1.82) is 0 Å². The molecule has 0 aliphatic carbocycles. The number of ether oxygens (including phenoxy) is 2. The lowest BCUT2D eigenvalue weighted by atomic mass is 10.2. The van der Waals surface area contributed by atoms with Crippen LogP contribution in [0.2, 0.25) is 5.02 Å². The van der Waals surface area contributed by atoms with E-state index in [4.69, 9.17) is 21.1 Å². The summed E-state index contributed by atoms with van der Waals surface area (Å²) in [5.74, 6) is 0.872. The summed E-state index contributed by atoms with van der Waals surface area (Å²) in [5, 5.41) is 15.5. The average Bonchev–Trinajstić information content (AvgIpc) is 3.34. The number of anilines is 2. The van der Waals surface area contributed by atoms with Crippen LogP contribution in [0.3, 0.4) is 0 Å². The van der Waals surface area contributed by atoms with Gasteiger partial charge in [-0.05, 0) is 60.7 Å². The van der Waals surface area contributed by atoms with E-state index >= 15 is 0 Å². The summed E-state index contributed by atoms with van der Waals surface area (Å²) in [6, 6.07) is 21.1. The van der Waals surface area contributed by atoms with E-state index < -0.39 is 0 Å². The molecule has 1 aromatic heterocycles. The molecule has 0 aliphatic rings. The second kappa shape index (κ2) is 13.1. The fourth-order valence-electron chi connectivity index (χ4n) is 3.57. The third kappa shape index (κ3) is 6.91. The van der Waals surface area contributed by atoms with Gasteiger partial charge in [-0.25, -0.2) is 0 Å². The molecule has 3 aromatic carbocycles. The highest BCUT2D eigenvalue weighted by Crippen LogP contribution is 2.26. The van der Waals surface area contributed by atoms with Crippen molar-refractivity contribution < 1.29 is 19.1 Å². The van der Waals surface area contributed by atoms with Gasteiger partial charge in [-0.3, -0.25) is 14.2 Å². The summed E-state index contributed by atoms with van der Waals surface area (Å²) in [7, 11) is 3.17. The van der Waals surface area contributed by atoms with Crippen molar-refractivity contribution in [2.45, 2.75) is 11.7 Å². The molecule has 4 aromatic rings. The van der Waals surface area contributed by atoms with Crippen LogP contribution in [0.25, 0.3) is 11.4 Å². The van der Waals surface area contributed by atoms with Crippen molar-refractivity contribution in [3.63, 3.8) is 0 Å². The predicted octanol–water partition coefficient (Wildman–Crippen LogP) is 5.24. The first-order valence-corrected chi connectivity index (χ1v) is 13.0. The van der Waals surface area contributed by atoms with Crippen molar-refractivity contribution in [1.82, 2.24) is 14.8 Å². The van der Waals surface area contributed by atoms with Crippen molar-refractivity contribution >= 4 is 46.6 Å². The van der Waals surface area contributed by atoms with Crippen LogP contribution in [0.1, 0.15) is 10.4 Å². The van der Waals surface area contributed by atoms with Crippen molar-refractivity contribution in [3.8, 4) is 17.1 Å². The lowest BCUT2D eigenvalue weighted by Crippen LogP contribution is -2.16. The lowest BCUT2D eigenvalue weighted by molar-refractivity contribution is -0.113. The molecule has 1 heterocycles. The number of methoxy groups -OCH3 is 2. The zero-order valence-electron chi connectivity index (χ0n) is 20.8. The van der Waals surface area contributed by atoms with Crippen LogP contribution in [0.15, 0.2) is 78.0 Å². The maximum Gasteiger partial charge on any atom is 0.255 e. The lowest BCUT2D eigenvalue weighted by Gasteiger charge is -2.11. The van der Waals surface area contributed by atoms with E-state index in [1.54, 1.807) is 62.8 Å². The summed E-state index contributed by atoms with van der Waals surface area (Å²) < 4.78 is 12.4. The van der Waals surface area contributed by atoms with Gasteiger partial charge < -0.3 is 20.1 Å². The van der Waals surface area contributed by atoms with Gasteiger partial charge in [-0.15, -0.1) is 10.2 Å². The van der Waals surface area contributed by atoms with Gasteiger partial charge in [0.25, 0.3) is 5.91 Å². The topological polar surface area (TPSA) is 107 Å². The van der Waals surface area contributed by atoms with Crippen molar-refractivity contribution in [3.05, 3.63) is 83.4 Å². The third-order valence-electron chi connectivity index (χ3n) is 5.46. The Morgan fingerprint density at radius 3 is 2.39 bits per heavy atom. The van der Waals surface area contributed by atoms with Gasteiger partial charge >= 0.3 is 0 Å². The summed E-state index contributed by atoms with van der Waals surface area (Å²) in [6.45, 7) is 0.999. The maximum atomic E-state index is 12.6.